The van der Waals surface area contributed by atoms with Crippen LogP contribution >= 0.6 is 0 Å². The smallest absolute Gasteiger partial charge is 0.310 e. The topological polar surface area (TPSA) is 64.4 Å². The minimum Gasteiger partial charge on any atom is -0.483 e. The van der Waals surface area contributed by atoms with Gasteiger partial charge < -0.3 is 10.1 Å². The zero-order valence-corrected chi connectivity index (χ0v) is 12.6. The number of hydrogen-bond acceptors (Lipinski definition) is 4. The summed E-state index contributed by atoms with van der Waals surface area (Å²) in [5.41, 5.74) is 1.09. The number of nitro groups is 1. The van der Waals surface area contributed by atoms with Crippen LogP contribution in [0, 0.1) is 10.1 Å². The van der Waals surface area contributed by atoms with E-state index in [4.69, 9.17) is 4.74 Å². The SMILES string of the molecule is CCNCc1ccc([N+](=O)[O-])c(OC2CCCCCC2)c1. The molecule has 0 atom stereocenters. The quantitative estimate of drug-likeness (QED) is 0.492. The molecule has 1 aromatic carbocycles. The van der Waals surface area contributed by atoms with Crippen LogP contribution in [-0.2, 0) is 6.54 Å². The number of nitro benzene ring substituents is 1. The highest BCUT2D eigenvalue weighted by Crippen LogP contribution is 2.31. The lowest BCUT2D eigenvalue weighted by Gasteiger charge is -2.17. The van der Waals surface area contributed by atoms with Crippen LogP contribution in [0.1, 0.15) is 51.0 Å². The molecule has 1 aliphatic rings. The molecule has 1 fully saturated rings. The van der Waals surface area contributed by atoms with E-state index < -0.39 is 0 Å². The second kappa shape index (κ2) is 7.98. The van der Waals surface area contributed by atoms with E-state index in [1.807, 2.05) is 13.0 Å². The summed E-state index contributed by atoms with van der Waals surface area (Å²) in [7, 11) is 0. The number of hydrogen-bond donors (Lipinski definition) is 1. The molecular formula is C16H24N2O3. The summed E-state index contributed by atoms with van der Waals surface area (Å²) in [6.45, 7) is 3.61. The molecule has 0 amide bonds. The summed E-state index contributed by atoms with van der Waals surface area (Å²) in [4.78, 5) is 10.8. The van der Waals surface area contributed by atoms with Crippen molar-refractivity contribution >= 4 is 5.69 Å². The Balaban J connectivity index is 2.14. The zero-order chi connectivity index (χ0) is 15.1. The van der Waals surface area contributed by atoms with Gasteiger partial charge in [0, 0.05) is 12.6 Å². The van der Waals surface area contributed by atoms with Crippen LogP contribution in [0.2, 0.25) is 0 Å². The fourth-order valence-corrected chi connectivity index (χ4v) is 2.72. The first-order chi connectivity index (χ1) is 10.2. The largest absolute Gasteiger partial charge is 0.483 e. The van der Waals surface area contributed by atoms with Gasteiger partial charge in [0.15, 0.2) is 5.75 Å². The van der Waals surface area contributed by atoms with E-state index >= 15 is 0 Å². The Morgan fingerprint density at radius 2 is 2.00 bits per heavy atom. The summed E-state index contributed by atoms with van der Waals surface area (Å²) < 4.78 is 5.98. The molecule has 5 nitrogen and oxygen atoms in total. The predicted molar refractivity (Wildman–Crippen MR) is 82.6 cm³/mol. The van der Waals surface area contributed by atoms with E-state index in [2.05, 4.69) is 5.32 Å². The minimum absolute atomic E-state index is 0.0690. The molecule has 116 valence electrons. The molecule has 21 heavy (non-hydrogen) atoms. The summed E-state index contributed by atoms with van der Waals surface area (Å²) in [6.07, 6.45) is 6.87. The van der Waals surface area contributed by atoms with Crippen molar-refractivity contribution < 1.29 is 9.66 Å². The molecule has 1 saturated carbocycles. The Labute approximate surface area is 125 Å². The van der Waals surface area contributed by atoms with Crippen molar-refractivity contribution in [3.63, 3.8) is 0 Å². The summed E-state index contributed by atoms with van der Waals surface area (Å²) in [6, 6.07) is 5.16. The van der Waals surface area contributed by atoms with Crippen molar-refractivity contribution in [1.82, 2.24) is 5.32 Å². The maximum atomic E-state index is 11.2. The zero-order valence-electron chi connectivity index (χ0n) is 12.6. The Morgan fingerprint density at radius 3 is 2.62 bits per heavy atom. The predicted octanol–water partition coefficient (Wildman–Crippen LogP) is 3.81. The van der Waals surface area contributed by atoms with Gasteiger partial charge in [-0.05, 0) is 43.9 Å². The molecule has 0 saturated heterocycles. The fourth-order valence-electron chi connectivity index (χ4n) is 2.72. The Kier molecular flexibility index (Phi) is 5.99. The number of rotatable bonds is 6. The van der Waals surface area contributed by atoms with Crippen molar-refractivity contribution in [3.05, 3.63) is 33.9 Å². The number of ether oxygens (including phenoxy) is 1. The van der Waals surface area contributed by atoms with Gasteiger partial charge in [-0.1, -0.05) is 25.8 Å². The van der Waals surface area contributed by atoms with Crippen molar-refractivity contribution in [1.29, 1.82) is 0 Å². The molecule has 0 radical (unpaired) electrons. The van der Waals surface area contributed by atoms with Gasteiger partial charge in [0.25, 0.3) is 0 Å². The van der Waals surface area contributed by atoms with Crippen molar-refractivity contribution in [3.8, 4) is 5.75 Å². The number of nitrogens with one attached hydrogen (secondary N) is 1. The molecule has 2 rings (SSSR count). The molecular weight excluding hydrogens is 268 g/mol. The van der Waals surface area contributed by atoms with Crippen LogP contribution in [0.5, 0.6) is 5.75 Å². The van der Waals surface area contributed by atoms with Crippen molar-refractivity contribution in [2.24, 2.45) is 0 Å². The molecule has 0 aromatic heterocycles. The van der Waals surface area contributed by atoms with Crippen LogP contribution in [0.3, 0.4) is 0 Å². The molecule has 0 heterocycles. The van der Waals surface area contributed by atoms with Gasteiger partial charge in [-0.2, -0.15) is 0 Å². The average molecular weight is 292 g/mol. The van der Waals surface area contributed by atoms with Crippen LogP contribution in [0.4, 0.5) is 5.69 Å². The highest BCUT2D eigenvalue weighted by atomic mass is 16.6. The van der Waals surface area contributed by atoms with Crippen LogP contribution in [-0.4, -0.2) is 17.6 Å². The molecule has 0 spiro atoms. The fraction of sp³-hybridized carbons (Fsp3) is 0.625. The third-order valence-corrected chi connectivity index (χ3v) is 3.90. The van der Waals surface area contributed by atoms with E-state index in [0.717, 1.165) is 37.8 Å². The summed E-state index contributed by atoms with van der Waals surface area (Å²) in [5.74, 6) is 0.419. The molecule has 0 unspecified atom stereocenters. The minimum atomic E-state index is -0.358. The van der Waals surface area contributed by atoms with Crippen LogP contribution < -0.4 is 10.1 Å². The normalized spacial score (nSPS) is 16.4. The van der Waals surface area contributed by atoms with Gasteiger partial charge >= 0.3 is 5.69 Å². The third-order valence-electron chi connectivity index (χ3n) is 3.90. The highest BCUT2D eigenvalue weighted by Gasteiger charge is 2.20. The van der Waals surface area contributed by atoms with Crippen molar-refractivity contribution in [2.75, 3.05) is 6.54 Å². The van der Waals surface area contributed by atoms with Gasteiger partial charge in [0.05, 0.1) is 11.0 Å². The first kappa shape index (κ1) is 15.8. The van der Waals surface area contributed by atoms with E-state index in [9.17, 15) is 10.1 Å². The molecule has 0 bridgehead atoms. The maximum Gasteiger partial charge on any atom is 0.310 e. The second-order valence-electron chi connectivity index (χ2n) is 5.57. The Bertz CT molecular complexity index is 469. The first-order valence-corrected chi connectivity index (χ1v) is 7.85. The lowest BCUT2D eigenvalue weighted by Crippen LogP contribution is -2.17. The number of benzene rings is 1. The lowest BCUT2D eigenvalue weighted by molar-refractivity contribution is -0.386. The lowest BCUT2D eigenvalue weighted by atomic mass is 10.1. The van der Waals surface area contributed by atoms with Gasteiger partial charge in [0.1, 0.15) is 0 Å². The monoisotopic (exact) mass is 292 g/mol. The van der Waals surface area contributed by atoms with E-state index in [0.29, 0.717) is 12.3 Å². The van der Waals surface area contributed by atoms with Gasteiger partial charge in [-0.15, -0.1) is 0 Å². The molecule has 0 aliphatic heterocycles. The average Bonchev–Trinajstić information content (AvgIpc) is 2.73. The first-order valence-electron chi connectivity index (χ1n) is 7.85. The molecule has 1 aliphatic carbocycles. The van der Waals surface area contributed by atoms with E-state index in [-0.39, 0.29) is 16.7 Å². The Morgan fingerprint density at radius 1 is 1.29 bits per heavy atom. The second-order valence-corrected chi connectivity index (χ2v) is 5.57. The van der Waals surface area contributed by atoms with E-state index in [1.54, 1.807) is 12.1 Å². The highest BCUT2D eigenvalue weighted by molar-refractivity contribution is 5.48. The molecule has 5 heteroatoms. The van der Waals surface area contributed by atoms with E-state index in [1.165, 1.54) is 12.8 Å². The molecule has 1 aromatic rings. The maximum absolute atomic E-state index is 11.2. The third kappa shape index (κ3) is 4.70. The van der Waals surface area contributed by atoms with Gasteiger partial charge in [0.2, 0.25) is 0 Å². The van der Waals surface area contributed by atoms with Crippen LogP contribution in [0.15, 0.2) is 18.2 Å². The van der Waals surface area contributed by atoms with Crippen LogP contribution in [0.25, 0.3) is 0 Å². The Hall–Kier alpha value is -1.62. The summed E-state index contributed by atoms with van der Waals surface area (Å²) >= 11 is 0. The standard InChI is InChI=1S/C16H24N2O3/c1-2-17-12-13-9-10-15(18(19)20)16(11-13)21-14-7-5-3-4-6-8-14/h9-11,14,17H,2-8,12H2,1H3. The van der Waals surface area contributed by atoms with Gasteiger partial charge in [-0.3, -0.25) is 10.1 Å². The van der Waals surface area contributed by atoms with Gasteiger partial charge in [-0.25, -0.2) is 0 Å². The summed E-state index contributed by atoms with van der Waals surface area (Å²) in [5, 5.41) is 14.4. The number of nitrogens with zero attached hydrogens (tertiary/aromatic N) is 1. The molecule has 1 N–H and O–H groups in total. The van der Waals surface area contributed by atoms with Crippen molar-refractivity contribution in [2.45, 2.75) is 58.1 Å².